The maximum atomic E-state index is 13.0. The Kier molecular flexibility index (Phi) is 8.05. The summed E-state index contributed by atoms with van der Waals surface area (Å²) in [4.78, 5) is 12.8. The number of sulfonamides is 1. The molecule has 0 radical (unpaired) electrons. The Balaban J connectivity index is 2.10. The molecule has 29 heavy (non-hydrogen) atoms. The number of carbonyl (C=O) groups is 1. The molecule has 2 aromatic carbocycles. The fourth-order valence-corrected chi connectivity index (χ4v) is 4.56. The van der Waals surface area contributed by atoms with Crippen molar-refractivity contribution in [2.75, 3.05) is 17.1 Å². The van der Waals surface area contributed by atoms with Crippen LogP contribution in [0.3, 0.4) is 0 Å². The fourth-order valence-electron chi connectivity index (χ4n) is 3.13. The highest BCUT2D eigenvalue weighted by molar-refractivity contribution is 7.92. The van der Waals surface area contributed by atoms with Crippen molar-refractivity contribution in [1.82, 2.24) is 5.32 Å². The van der Waals surface area contributed by atoms with Crippen LogP contribution >= 0.6 is 11.6 Å². The van der Waals surface area contributed by atoms with Crippen LogP contribution in [0.2, 0.25) is 5.02 Å². The summed E-state index contributed by atoms with van der Waals surface area (Å²) in [5, 5.41) is 3.22. The first-order valence-electron chi connectivity index (χ1n) is 9.41. The summed E-state index contributed by atoms with van der Waals surface area (Å²) in [5.41, 5.74) is 2.08. The number of anilines is 1. The van der Waals surface area contributed by atoms with E-state index in [1.165, 1.54) is 12.1 Å². The molecule has 8 heteroatoms. The van der Waals surface area contributed by atoms with Crippen molar-refractivity contribution in [3.8, 4) is 0 Å². The normalized spacial score (nSPS) is 12.4. The van der Waals surface area contributed by atoms with Crippen LogP contribution in [-0.4, -0.2) is 33.2 Å². The predicted octanol–water partition coefficient (Wildman–Crippen LogP) is 4.08. The zero-order valence-corrected chi connectivity index (χ0v) is 18.4. The van der Waals surface area contributed by atoms with Gasteiger partial charge in [-0.25, -0.2) is 12.8 Å². The molecule has 1 unspecified atom stereocenters. The summed E-state index contributed by atoms with van der Waals surface area (Å²) in [6.07, 6.45) is 2.73. The summed E-state index contributed by atoms with van der Waals surface area (Å²) in [6, 6.07) is 10.3. The topological polar surface area (TPSA) is 66.5 Å². The Bertz CT molecular complexity index is 949. The van der Waals surface area contributed by atoms with Crippen LogP contribution < -0.4 is 9.62 Å². The molecule has 0 bridgehead atoms. The van der Waals surface area contributed by atoms with Gasteiger partial charge in [-0.2, -0.15) is 0 Å². The van der Waals surface area contributed by atoms with Gasteiger partial charge in [0.15, 0.2) is 0 Å². The third-order valence-corrected chi connectivity index (χ3v) is 5.99. The van der Waals surface area contributed by atoms with E-state index in [2.05, 4.69) is 5.32 Å². The minimum Gasteiger partial charge on any atom is -0.354 e. The monoisotopic (exact) mass is 440 g/mol. The van der Waals surface area contributed by atoms with Crippen molar-refractivity contribution in [2.24, 2.45) is 0 Å². The molecule has 0 aromatic heterocycles. The van der Waals surface area contributed by atoms with E-state index in [9.17, 15) is 17.6 Å². The van der Waals surface area contributed by atoms with Crippen molar-refractivity contribution >= 4 is 33.2 Å². The molecular weight excluding hydrogens is 415 g/mol. The van der Waals surface area contributed by atoms with Gasteiger partial charge in [0.1, 0.15) is 11.9 Å². The van der Waals surface area contributed by atoms with Gasteiger partial charge in [0.25, 0.3) is 0 Å². The van der Waals surface area contributed by atoms with Crippen molar-refractivity contribution in [1.29, 1.82) is 0 Å². The maximum Gasteiger partial charge on any atom is 0.243 e. The van der Waals surface area contributed by atoms with Crippen LogP contribution in [0.4, 0.5) is 10.1 Å². The molecule has 158 valence electrons. The van der Waals surface area contributed by atoms with Crippen molar-refractivity contribution < 1.29 is 17.6 Å². The number of benzene rings is 2. The Morgan fingerprint density at radius 2 is 1.86 bits per heavy atom. The minimum atomic E-state index is -3.71. The average molecular weight is 441 g/mol. The second-order valence-corrected chi connectivity index (χ2v) is 9.23. The predicted molar refractivity (Wildman–Crippen MR) is 115 cm³/mol. The second kappa shape index (κ2) is 10.1. The molecule has 1 amide bonds. The molecular formula is C21H26ClFN2O3S. The molecule has 0 saturated heterocycles. The molecule has 1 N–H and O–H groups in total. The molecule has 5 nitrogen and oxygen atoms in total. The summed E-state index contributed by atoms with van der Waals surface area (Å²) < 4.78 is 39.1. The highest BCUT2D eigenvalue weighted by Gasteiger charge is 2.32. The zero-order chi connectivity index (χ0) is 21.6. The molecule has 1 atom stereocenters. The van der Waals surface area contributed by atoms with E-state index in [1.807, 2.05) is 0 Å². The summed E-state index contributed by atoms with van der Waals surface area (Å²) >= 11 is 6.06. The zero-order valence-electron chi connectivity index (χ0n) is 16.8. The molecule has 0 heterocycles. The quantitative estimate of drug-likeness (QED) is 0.597. The van der Waals surface area contributed by atoms with Crippen LogP contribution in [0.5, 0.6) is 0 Å². The number of amides is 1. The first-order valence-corrected chi connectivity index (χ1v) is 11.6. The first-order chi connectivity index (χ1) is 13.6. The third kappa shape index (κ3) is 6.44. The number of hydrogen-bond acceptors (Lipinski definition) is 3. The lowest BCUT2D eigenvalue weighted by atomic mass is 10.1. The van der Waals surface area contributed by atoms with Crippen LogP contribution in [0.1, 0.15) is 30.9 Å². The number of aryl methyl sites for hydroxylation is 2. The molecule has 2 aromatic rings. The molecule has 0 fully saturated rings. The van der Waals surface area contributed by atoms with E-state index >= 15 is 0 Å². The van der Waals surface area contributed by atoms with Gasteiger partial charge < -0.3 is 5.32 Å². The molecule has 0 aliphatic rings. The molecule has 0 aliphatic heterocycles. The van der Waals surface area contributed by atoms with Gasteiger partial charge >= 0.3 is 0 Å². The van der Waals surface area contributed by atoms with E-state index in [-0.39, 0.29) is 11.7 Å². The van der Waals surface area contributed by atoms with E-state index in [4.69, 9.17) is 11.6 Å². The highest BCUT2D eigenvalue weighted by Crippen LogP contribution is 2.29. The number of hydrogen-bond donors (Lipinski definition) is 1. The lowest BCUT2D eigenvalue weighted by Crippen LogP contribution is -2.49. The first kappa shape index (κ1) is 23.2. The molecule has 0 aliphatic carbocycles. The average Bonchev–Trinajstić information content (AvgIpc) is 2.65. The third-order valence-electron chi connectivity index (χ3n) is 4.59. The van der Waals surface area contributed by atoms with Crippen LogP contribution in [0, 0.1) is 12.7 Å². The number of carbonyl (C=O) groups excluding carboxylic acids is 1. The molecule has 0 saturated carbocycles. The van der Waals surface area contributed by atoms with E-state index in [0.717, 1.165) is 16.1 Å². The summed E-state index contributed by atoms with van der Waals surface area (Å²) in [5.74, 6) is -0.651. The van der Waals surface area contributed by atoms with E-state index in [0.29, 0.717) is 42.1 Å². The smallest absolute Gasteiger partial charge is 0.243 e. The Morgan fingerprint density at radius 3 is 2.45 bits per heavy atom. The van der Waals surface area contributed by atoms with Crippen LogP contribution in [0.15, 0.2) is 42.5 Å². The lowest BCUT2D eigenvalue weighted by Gasteiger charge is -2.31. The summed E-state index contributed by atoms with van der Waals surface area (Å²) in [7, 11) is -3.71. The Morgan fingerprint density at radius 1 is 1.21 bits per heavy atom. The van der Waals surface area contributed by atoms with Crippen LogP contribution in [-0.2, 0) is 21.2 Å². The van der Waals surface area contributed by atoms with E-state index < -0.39 is 16.1 Å². The maximum absolute atomic E-state index is 13.0. The number of halogens is 2. The number of nitrogens with one attached hydrogen (secondary N) is 1. The summed E-state index contributed by atoms with van der Waals surface area (Å²) in [6.45, 7) is 3.93. The Labute approximate surface area is 176 Å². The molecule has 0 spiro atoms. The SMILES string of the molecule is CCC(C(=O)NCCCc1ccc(F)cc1)N(c1cc(Cl)ccc1C)S(C)(=O)=O. The molecule has 2 rings (SSSR count). The minimum absolute atomic E-state index is 0.287. The van der Waals surface area contributed by atoms with Gasteiger partial charge in [0, 0.05) is 11.6 Å². The van der Waals surface area contributed by atoms with Crippen molar-refractivity contribution in [3.05, 3.63) is 64.4 Å². The van der Waals surface area contributed by atoms with Gasteiger partial charge in [-0.1, -0.05) is 36.7 Å². The fraction of sp³-hybridized carbons (Fsp3) is 0.381. The van der Waals surface area contributed by atoms with Gasteiger partial charge in [-0.05, 0) is 61.6 Å². The van der Waals surface area contributed by atoms with Crippen molar-refractivity contribution in [3.63, 3.8) is 0 Å². The van der Waals surface area contributed by atoms with Gasteiger partial charge in [0.05, 0.1) is 11.9 Å². The van der Waals surface area contributed by atoms with Crippen molar-refractivity contribution in [2.45, 2.75) is 39.2 Å². The van der Waals surface area contributed by atoms with E-state index in [1.54, 1.807) is 44.2 Å². The number of nitrogens with zero attached hydrogens (tertiary/aromatic N) is 1. The van der Waals surface area contributed by atoms with Gasteiger partial charge in [-0.3, -0.25) is 9.10 Å². The lowest BCUT2D eigenvalue weighted by molar-refractivity contribution is -0.122. The number of rotatable bonds is 9. The second-order valence-electron chi connectivity index (χ2n) is 6.93. The standard InChI is InChI=1S/C21H26ClFN2O3S/c1-4-19(21(26)24-13-5-6-16-8-11-18(23)12-9-16)25(29(3,27)28)20-14-17(22)10-7-15(20)2/h7-12,14,19H,4-6,13H2,1-3H3,(H,24,26). The Hall–Kier alpha value is -2.12. The van der Waals surface area contributed by atoms with Crippen LogP contribution in [0.25, 0.3) is 0 Å². The largest absolute Gasteiger partial charge is 0.354 e. The van der Waals surface area contributed by atoms with Gasteiger partial charge in [0.2, 0.25) is 15.9 Å². The van der Waals surface area contributed by atoms with Gasteiger partial charge in [-0.15, -0.1) is 0 Å². The highest BCUT2D eigenvalue weighted by atomic mass is 35.5.